The van der Waals surface area contributed by atoms with E-state index in [0.29, 0.717) is 18.3 Å². The van der Waals surface area contributed by atoms with Crippen LogP contribution in [0.2, 0.25) is 0 Å². The Morgan fingerprint density at radius 1 is 0.895 bits per heavy atom. The fourth-order valence-electron chi connectivity index (χ4n) is 8.18. The zero-order valence-corrected chi connectivity index (χ0v) is 23.2. The normalized spacial score (nSPS) is 36.3. The monoisotopic (exact) mass is 530 g/mol. The van der Waals surface area contributed by atoms with Crippen LogP contribution < -0.4 is 0 Å². The summed E-state index contributed by atoms with van der Waals surface area (Å²) in [6.07, 6.45) is 11.4. The van der Waals surface area contributed by atoms with Crippen molar-refractivity contribution >= 4 is 23.9 Å². The van der Waals surface area contributed by atoms with Crippen molar-refractivity contribution in [2.75, 3.05) is 19.8 Å². The Labute approximate surface area is 225 Å². The summed E-state index contributed by atoms with van der Waals surface area (Å²) in [6, 6.07) is 0. The standard InChI is InChI=1S/C30H42O8/c1-5-35-26(33)37-19-25(32)30(38-27(34)36-6-2)17-14-24-22-11-9-10-20-18-21(31)13-16-28(20,3)23(22)12-7-8-15-29(24,30)4/h13,16,18,22-24H,5-12,14-15,17,19H2,1-4H3/t22-,23-,24-,28-,29-,30-/m0/s1. The van der Waals surface area contributed by atoms with E-state index in [4.69, 9.17) is 18.9 Å². The first-order valence-corrected chi connectivity index (χ1v) is 14.2. The fraction of sp³-hybridized carbons (Fsp3) is 0.733. The van der Waals surface area contributed by atoms with Crippen LogP contribution in [0.4, 0.5) is 9.59 Å². The topological polar surface area (TPSA) is 105 Å². The van der Waals surface area contributed by atoms with E-state index in [1.54, 1.807) is 19.9 Å². The molecule has 4 rings (SSSR count). The van der Waals surface area contributed by atoms with E-state index < -0.39 is 35.7 Å². The van der Waals surface area contributed by atoms with Crippen LogP contribution in [0.15, 0.2) is 23.8 Å². The van der Waals surface area contributed by atoms with Crippen molar-refractivity contribution in [3.8, 4) is 0 Å². The van der Waals surface area contributed by atoms with E-state index in [9.17, 15) is 19.2 Å². The van der Waals surface area contributed by atoms with Crippen LogP contribution >= 0.6 is 0 Å². The molecular formula is C30H42O8. The molecule has 38 heavy (non-hydrogen) atoms. The Hall–Kier alpha value is -2.64. The molecule has 8 heteroatoms. The van der Waals surface area contributed by atoms with Gasteiger partial charge >= 0.3 is 12.3 Å². The number of fused-ring (bicyclic) bond motifs is 5. The summed E-state index contributed by atoms with van der Waals surface area (Å²) in [5.41, 5.74) is -1.11. The molecule has 6 atom stereocenters. The summed E-state index contributed by atoms with van der Waals surface area (Å²) in [6.45, 7) is 7.44. The molecule has 210 valence electrons. The van der Waals surface area contributed by atoms with Crippen molar-refractivity contribution < 1.29 is 38.1 Å². The summed E-state index contributed by atoms with van der Waals surface area (Å²) in [5.74, 6) is 0.358. The average molecular weight is 531 g/mol. The highest BCUT2D eigenvalue weighted by molar-refractivity contribution is 6.01. The molecule has 0 aliphatic heterocycles. The van der Waals surface area contributed by atoms with E-state index in [2.05, 4.69) is 19.9 Å². The van der Waals surface area contributed by atoms with Gasteiger partial charge in [0.2, 0.25) is 5.78 Å². The lowest BCUT2D eigenvalue weighted by molar-refractivity contribution is -0.164. The van der Waals surface area contributed by atoms with Gasteiger partial charge in [-0.2, -0.15) is 0 Å². The van der Waals surface area contributed by atoms with Gasteiger partial charge in [0.05, 0.1) is 13.2 Å². The quantitative estimate of drug-likeness (QED) is 0.378. The molecule has 8 nitrogen and oxygen atoms in total. The van der Waals surface area contributed by atoms with Crippen LogP contribution in [0, 0.1) is 28.6 Å². The largest absolute Gasteiger partial charge is 0.509 e. The molecule has 4 aliphatic rings. The van der Waals surface area contributed by atoms with Gasteiger partial charge in [-0.15, -0.1) is 0 Å². The molecule has 0 N–H and O–H groups in total. The van der Waals surface area contributed by atoms with E-state index in [0.717, 1.165) is 51.4 Å². The number of ether oxygens (including phenoxy) is 4. The van der Waals surface area contributed by atoms with Crippen LogP contribution in [-0.2, 0) is 28.5 Å². The van der Waals surface area contributed by atoms with Crippen LogP contribution in [0.1, 0.15) is 85.5 Å². The molecule has 4 aliphatic carbocycles. The van der Waals surface area contributed by atoms with Gasteiger partial charge in [-0.1, -0.05) is 38.3 Å². The van der Waals surface area contributed by atoms with Gasteiger partial charge in [-0.3, -0.25) is 9.59 Å². The first-order chi connectivity index (χ1) is 18.1. The Morgan fingerprint density at radius 2 is 1.63 bits per heavy atom. The third kappa shape index (κ3) is 4.91. The highest BCUT2D eigenvalue weighted by Gasteiger charge is 2.66. The number of hydrogen-bond acceptors (Lipinski definition) is 8. The predicted octanol–water partition coefficient (Wildman–Crippen LogP) is 6.12. The van der Waals surface area contributed by atoms with Crippen molar-refractivity contribution in [1.82, 2.24) is 0 Å². The van der Waals surface area contributed by atoms with E-state index in [1.165, 1.54) is 5.57 Å². The molecular weight excluding hydrogens is 488 g/mol. The number of Topliss-reactive ketones (excluding diaryl/α,β-unsaturated/α-hetero) is 1. The van der Waals surface area contributed by atoms with Crippen LogP contribution in [0.5, 0.6) is 0 Å². The van der Waals surface area contributed by atoms with Crippen molar-refractivity contribution in [2.24, 2.45) is 28.6 Å². The van der Waals surface area contributed by atoms with Gasteiger partial charge in [0.15, 0.2) is 18.0 Å². The van der Waals surface area contributed by atoms with E-state index in [-0.39, 0.29) is 30.3 Å². The van der Waals surface area contributed by atoms with Gasteiger partial charge in [0, 0.05) is 10.8 Å². The van der Waals surface area contributed by atoms with Crippen LogP contribution in [-0.4, -0.2) is 49.3 Å². The molecule has 0 aromatic carbocycles. The Balaban J connectivity index is 1.72. The lowest BCUT2D eigenvalue weighted by Gasteiger charge is -2.51. The molecule has 0 aromatic heterocycles. The van der Waals surface area contributed by atoms with Crippen molar-refractivity contribution in [3.05, 3.63) is 23.8 Å². The molecule has 0 aromatic rings. The van der Waals surface area contributed by atoms with Crippen LogP contribution in [0.25, 0.3) is 0 Å². The number of allylic oxidation sites excluding steroid dienone is 4. The SMILES string of the molecule is CCOC(=O)OCC(=O)[C@@]1(OC(=O)OCC)CC[C@H]2[C@H]3CCCC4=CC(=O)C=C[C@]4(C)[C@H]3CCCC[C@@]21C. The second-order valence-corrected chi connectivity index (χ2v) is 11.7. The first kappa shape index (κ1) is 28.4. The molecule has 0 bridgehead atoms. The molecule has 0 unspecified atom stereocenters. The molecule has 0 saturated heterocycles. The summed E-state index contributed by atoms with van der Waals surface area (Å²) in [5, 5.41) is 0. The maximum atomic E-state index is 13.9. The smallest absolute Gasteiger partial charge is 0.435 e. The lowest BCUT2D eigenvalue weighted by Crippen LogP contribution is -2.57. The van der Waals surface area contributed by atoms with Gasteiger partial charge in [0.25, 0.3) is 0 Å². The van der Waals surface area contributed by atoms with Crippen molar-refractivity contribution in [2.45, 2.75) is 91.1 Å². The zero-order chi connectivity index (χ0) is 27.6. The van der Waals surface area contributed by atoms with Gasteiger partial charge in [0.1, 0.15) is 0 Å². The van der Waals surface area contributed by atoms with Gasteiger partial charge < -0.3 is 18.9 Å². The summed E-state index contributed by atoms with van der Waals surface area (Å²) >= 11 is 0. The molecule has 0 radical (unpaired) electrons. The Morgan fingerprint density at radius 3 is 2.37 bits per heavy atom. The lowest BCUT2D eigenvalue weighted by atomic mass is 9.54. The van der Waals surface area contributed by atoms with Gasteiger partial charge in [-0.05, 0) is 88.7 Å². The number of hydrogen-bond donors (Lipinski definition) is 0. The van der Waals surface area contributed by atoms with Crippen LogP contribution in [0.3, 0.4) is 0 Å². The number of carbonyl (C=O) groups excluding carboxylic acids is 4. The molecule has 0 heterocycles. The minimum absolute atomic E-state index is 0.0570. The molecule has 0 amide bonds. The van der Waals surface area contributed by atoms with Gasteiger partial charge in [-0.25, -0.2) is 9.59 Å². The third-order valence-corrected chi connectivity index (χ3v) is 9.95. The maximum absolute atomic E-state index is 13.9. The van der Waals surface area contributed by atoms with E-state index >= 15 is 0 Å². The number of ketones is 2. The van der Waals surface area contributed by atoms with E-state index in [1.807, 2.05) is 6.08 Å². The Bertz CT molecular complexity index is 1010. The summed E-state index contributed by atoms with van der Waals surface area (Å²) in [7, 11) is 0. The number of rotatable bonds is 6. The highest BCUT2D eigenvalue weighted by Crippen LogP contribution is 2.64. The second kappa shape index (κ2) is 11.2. The zero-order valence-electron chi connectivity index (χ0n) is 23.2. The molecule has 3 fully saturated rings. The maximum Gasteiger partial charge on any atom is 0.509 e. The average Bonchev–Trinajstić information content (AvgIpc) is 3.05. The second-order valence-electron chi connectivity index (χ2n) is 11.7. The number of carbonyl (C=O) groups is 4. The van der Waals surface area contributed by atoms with Crippen molar-refractivity contribution in [1.29, 1.82) is 0 Å². The Kier molecular flexibility index (Phi) is 8.38. The summed E-state index contributed by atoms with van der Waals surface area (Å²) in [4.78, 5) is 50.8. The first-order valence-electron chi connectivity index (χ1n) is 14.2. The molecule has 0 spiro atoms. The highest BCUT2D eigenvalue weighted by atomic mass is 16.7. The molecule has 3 saturated carbocycles. The predicted molar refractivity (Wildman–Crippen MR) is 139 cm³/mol. The summed E-state index contributed by atoms with van der Waals surface area (Å²) < 4.78 is 21.1. The minimum atomic E-state index is -1.46. The van der Waals surface area contributed by atoms with Crippen molar-refractivity contribution in [3.63, 3.8) is 0 Å². The fourth-order valence-corrected chi connectivity index (χ4v) is 8.18. The minimum Gasteiger partial charge on any atom is -0.435 e. The third-order valence-electron chi connectivity index (χ3n) is 9.95.